The lowest BCUT2D eigenvalue weighted by Crippen LogP contribution is -2.19. The van der Waals surface area contributed by atoms with Crippen LogP contribution in [-0.2, 0) is 9.47 Å². The maximum Gasteiger partial charge on any atom is 0.338 e. The van der Waals surface area contributed by atoms with Crippen molar-refractivity contribution in [3.8, 4) is 5.88 Å². The molecule has 3 atom stereocenters. The third-order valence-electron chi connectivity index (χ3n) is 4.42. The second-order valence-corrected chi connectivity index (χ2v) is 6.30. The number of imidazole rings is 1. The van der Waals surface area contributed by atoms with E-state index in [9.17, 15) is 9.18 Å². The third kappa shape index (κ3) is 3.53. The van der Waals surface area contributed by atoms with E-state index in [1.165, 1.54) is 17.2 Å². The molecule has 1 aromatic carbocycles. The Morgan fingerprint density at radius 1 is 1.29 bits per heavy atom. The maximum atomic E-state index is 14.6. The largest absolute Gasteiger partial charge is 0.476 e. The molecule has 4 rings (SSSR count). The van der Waals surface area contributed by atoms with Crippen LogP contribution in [0.4, 0.5) is 4.39 Å². The zero-order valence-electron chi connectivity index (χ0n) is 15.2. The van der Waals surface area contributed by atoms with Crippen molar-refractivity contribution < 1.29 is 23.4 Å². The molecular formula is C19H19FN4O4. The monoisotopic (exact) mass is 386 g/mol. The zero-order chi connectivity index (χ0) is 19.5. The van der Waals surface area contributed by atoms with Crippen molar-refractivity contribution in [3.05, 3.63) is 48.5 Å². The maximum absolute atomic E-state index is 14.6. The number of carbonyl (C=O) groups excluding carboxylic acids is 1. The van der Waals surface area contributed by atoms with Crippen molar-refractivity contribution in [2.75, 3.05) is 13.2 Å². The van der Waals surface area contributed by atoms with Crippen LogP contribution < -0.4 is 4.74 Å². The molecule has 1 aliphatic rings. The molecule has 0 aliphatic carbocycles. The van der Waals surface area contributed by atoms with Gasteiger partial charge in [0.25, 0.3) is 0 Å². The summed E-state index contributed by atoms with van der Waals surface area (Å²) in [6.45, 7) is 2.24. The predicted octanol–water partition coefficient (Wildman–Crippen LogP) is 2.71. The molecule has 3 heterocycles. The minimum Gasteiger partial charge on any atom is -0.476 e. The summed E-state index contributed by atoms with van der Waals surface area (Å²) in [7, 11) is 0. The molecule has 28 heavy (non-hydrogen) atoms. The first-order chi connectivity index (χ1) is 13.7. The summed E-state index contributed by atoms with van der Waals surface area (Å²) < 4.78 is 32.6. The molecule has 9 heteroatoms. The molecule has 3 aromatic rings. The van der Waals surface area contributed by atoms with Gasteiger partial charge in [-0.3, -0.25) is 4.57 Å². The molecule has 1 saturated heterocycles. The molecule has 0 unspecified atom stereocenters. The molecule has 0 radical (unpaired) electrons. The number of alkyl halides is 1. The highest BCUT2D eigenvalue weighted by molar-refractivity contribution is 5.89. The Morgan fingerprint density at radius 2 is 2.11 bits per heavy atom. The number of rotatable bonds is 6. The van der Waals surface area contributed by atoms with E-state index in [1.54, 1.807) is 24.3 Å². The van der Waals surface area contributed by atoms with Crippen molar-refractivity contribution in [3.63, 3.8) is 0 Å². The van der Waals surface area contributed by atoms with Gasteiger partial charge in [0.15, 0.2) is 17.4 Å². The Morgan fingerprint density at radius 3 is 2.89 bits per heavy atom. The Labute approximate surface area is 160 Å². The number of fused-ring (bicyclic) bond motifs is 1. The molecular weight excluding hydrogens is 367 g/mol. The van der Waals surface area contributed by atoms with E-state index in [0.29, 0.717) is 29.2 Å². The van der Waals surface area contributed by atoms with Crippen molar-refractivity contribution in [1.29, 1.82) is 0 Å². The molecule has 0 N–H and O–H groups in total. The third-order valence-corrected chi connectivity index (χ3v) is 4.42. The van der Waals surface area contributed by atoms with Crippen LogP contribution in [0.3, 0.4) is 0 Å². The van der Waals surface area contributed by atoms with Crippen molar-refractivity contribution in [2.24, 2.45) is 0 Å². The Bertz CT molecular complexity index is 965. The molecule has 0 amide bonds. The van der Waals surface area contributed by atoms with Crippen LogP contribution in [0.2, 0.25) is 0 Å². The number of halogens is 1. The van der Waals surface area contributed by atoms with Gasteiger partial charge in [-0.2, -0.15) is 4.98 Å². The molecule has 1 aliphatic heterocycles. The number of carbonyl (C=O) groups is 1. The highest BCUT2D eigenvalue weighted by Crippen LogP contribution is 2.34. The van der Waals surface area contributed by atoms with E-state index >= 15 is 0 Å². The van der Waals surface area contributed by atoms with E-state index < -0.39 is 24.5 Å². The molecule has 2 aromatic heterocycles. The number of aromatic nitrogens is 4. The van der Waals surface area contributed by atoms with Crippen LogP contribution >= 0.6 is 0 Å². The molecule has 0 spiro atoms. The molecule has 1 fully saturated rings. The van der Waals surface area contributed by atoms with Gasteiger partial charge in [-0.05, 0) is 19.1 Å². The lowest BCUT2D eigenvalue weighted by molar-refractivity contribution is -0.0420. The summed E-state index contributed by atoms with van der Waals surface area (Å²) in [6, 6.07) is 8.63. The number of hydrogen-bond acceptors (Lipinski definition) is 7. The van der Waals surface area contributed by atoms with Crippen LogP contribution in [0.1, 0.15) is 29.9 Å². The average Bonchev–Trinajstić information content (AvgIpc) is 3.30. The fourth-order valence-electron chi connectivity index (χ4n) is 3.14. The molecule has 146 valence electrons. The summed E-state index contributed by atoms with van der Waals surface area (Å²) in [4.78, 5) is 24.5. The minimum atomic E-state index is -1.29. The summed E-state index contributed by atoms with van der Waals surface area (Å²) in [6.07, 6.45) is 0.150. The fraction of sp³-hybridized carbons (Fsp3) is 0.368. The lowest BCUT2D eigenvalue weighted by Gasteiger charge is -2.16. The van der Waals surface area contributed by atoms with Gasteiger partial charge in [0, 0.05) is 6.42 Å². The van der Waals surface area contributed by atoms with Gasteiger partial charge < -0.3 is 14.2 Å². The molecule has 8 nitrogen and oxygen atoms in total. The van der Waals surface area contributed by atoms with Crippen LogP contribution in [-0.4, -0.2) is 51.0 Å². The van der Waals surface area contributed by atoms with Crippen molar-refractivity contribution >= 4 is 17.1 Å². The van der Waals surface area contributed by atoms with Gasteiger partial charge in [0.2, 0.25) is 5.88 Å². The van der Waals surface area contributed by atoms with Gasteiger partial charge in [-0.15, -0.1) is 0 Å². The second kappa shape index (κ2) is 7.89. The normalized spacial score (nSPS) is 21.7. The number of nitrogens with zero attached hydrogens (tertiary/aromatic N) is 4. The van der Waals surface area contributed by atoms with E-state index in [2.05, 4.69) is 15.0 Å². The second-order valence-electron chi connectivity index (χ2n) is 6.30. The smallest absolute Gasteiger partial charge is 0.338 e. The molecule has 0 saturated carbocycles. The molecule has 0 bridgehead atoms. The number of ether oxygens (including phenoxy) is 3. The Balaban J connectivity index is 1.45. The van der Waals surface area contributed by atoms with Crippen molar-refractivity contribution in [1.82, 2.24) is 19.5 Å². The quantitative estimate of drug-likeness (QED) is 0.602. The number of benzene rings is 1. The van der Waals surface area contributed by atoms with Gasteiger partial charge in [0.05, 0.1) is 24.6 Å². The number of hydrogen-bond donors (Lipinski definition) is 0. The first kappa shape index (κ1) is 18.3. The summed E-state index contributed by atoms with van der Waals surface area (Å²) in [5, 5.41) is 0. The standard InChI is InChI=1S/C19H19FN4O4/c1-2-26-17-15-16(21-10-22-17)24(11-23-15)18-14(20)8-13(28-18)9-27-19(25)12-6-4-3-5-7-12/h3-7,10-11,13-14,18H,2,8-9H2,1H3/t13-,14-,18+/m0/s1. The van der Waals surface area contributed by atoms with E-state index in [0.717, 1.165) is 0 Å². The topological polar surface area (TPSA) is 88.4 Å². The van der Waals surface area contributed by atoms with Crippen LogP contribution in [0.25, 0.3) is 11.2 Å². The van der Waals surface area contributed by atoms with E-state index in [1.807, 2.05) is 13.0 Å². The van der Waals surface area contributed by atoms with Gasteiger partial charge in [0.1, 0.15) is 19.1 Å². The highest BCUT2D eigenvalue weighted by atomic mass is 19.1. The fourth-order valence-corrected chi connectivity index (χ4v) is 3.14. The van der Waals surface area contributed by atoms with E-state index in [4.69, 9.17) is 14.2 Å². The highest BCUT2D eigenvalue weighted by Gasteiger charge is 2.38. The average molecular weight is 386 g/mol. The lowest BCUT2D eigenvalue weighted by atomic mass is 10.2. The Hall–Kier alpha value is -3.07. The summed E-state index contributed by atoms with van der Waals surface area (Å²) >= 11 is 0. The summed E-state index contributed by atoms with van der Waals surface area (Å²) in [5.41, 5.74) is 1.31. The van der Waals surface area contributed by atoms with Crippen LogP contribution in [0.5, 0.6) is 5.88 Å². The van der Waals surface area contributed by atoms with Crippen molar-refractivity contribution in [2.45, 2.75) is 31.8 Å². The number of esters is 1. The first-order valence-electron chi connectivity index (χ1n) is 8.99. The first-order valence-corrected chi connectivity index (χ1v) is 8.99. The van der Waals surface area contributed by atoms with E-state index in [-0.39, 0.29) is 13.0 Å². The summed E-state index contributed by atoms with van der Waals surface area (Å²) in [5.74, 6) is -0.127. The SMILES string of the molecule is CCOc1ncnc2c1ncn2[C@@H]1O[C@H](COC(=O)c2ccccc2)C[C@@H]1F. The minimum absolute atomic E-state index is 0.0313. The predicted molar refractivity (Wildman–Crippen MR) is 96.6 cm³/mol. The van der Waals surface area contributed by atoms with Gasteiger partial charge in [-0.1, -0.05) is 18.2 Å². The van der Waals surface area contributed by atoms with Gasteiger partial charge in [-0.25, -0.2) is 19.2 Å². The Kier molecular flexibility index (Phi) is 5.16. The van der Waals surface area contributed by atoms with Crippen LogP contribution in [0, 0.1) is 0 Å². The van der Waals surface area contributed by atoms with Crippen LogP contribution in [0.15, 0.2) is 43.0 Å². The van der Waals surface area contributed by atoms with Gasteiger partial charge >= 0.3 is 5.97 Å². The zero-order valence-corrected chi connectivity index (χ0v) is 15.2.